The molecule has 0 aromatic heterocycles. The fourth-order valence-corrected chi connectivity index (χ4v) is 3.04. The number of carbonyl (C=O) groups is 1. The number of rotatable bonds is 10. The number of likely N-dealkylation sites (tertiary alicyclic amines) is 1. The van der Waals surface area contributed by atoms with E-state index in [0.717, 1.165) is 38.4 Å². The van der Waals surface area contributed by atoms with Gasteiger partial charge in [-0.3, -0.25) is 9.79 Å². The van der Waals surface area contributed by atoms with Gasteiger partial charge >= 0.3 is 0 Å². The van der Waals surface area contributed by atoms with E-state index in [0.29, 0.717) is 19.0 Å². The lowest BCUT2D eigenvalue weighted by molar-refractivity contribution is -0.121. The summed E-state index contributed by atoms with van der Waals surface area (Å²) >= 11 is 0. The standard InChI is InChI=1S/C19H39N5O.HI/c1-5-16(3)23-18(25)11-13-22-19(20-6-2)21-12-9-15-24-14-8-7-10-17(24)4;/h16-17H,5-15H2,1-4H3,(H,23,25)(H2,20,21,22);1H. The van der Waals surface area contributed by atoms with Gasteiger partial charge in [0.25, 0.3) is 0 Å². The second kappa shape index (κ2) is 15.5. The number of carbonyl (C=O) groups excluding carboxylic acids is 1. The molecule has 6 nitrogen and oxygen atoms in total. The highest BCUT2D eigenvalue weighted by molar-refractivity contribution is 14.0. The van der Waals surface area contributed by atoms with Crippen LogP contribution >= 0.6 is 24.0 Å². The van der Waals surface area contributed by atoms with Gasteiger partial charge in [0.2, 0.25) is 5.91 Å². The number of piperidine rings is 1. The van der Waals surface area contributed by atoms with Gasteiger partial charge in [-0.1, -0.05) is 13.3 Å². The van der Waals surface area contributed by atoms with E-state index >= 15 is 0 Å². The minimum absolute atomic E-state index is 0. The minimum atomic E-state index is 0. The molecule has 1 aliphatic rings. The van der Waals surface area contributed by atoms with Crippen LogP contribution in [0.3, 0.4) is 0 Å². The number of guanidine groups is 1. The topological polar surface area (TPSA) is 68.8 Å². The number of nitrogens with zero attached hydrogens (tertiary/aromatic N) is 2. The molecule has 26 heavy (non-hydrogen) atoms. The quantitative estimate of drug-likeness (QED) is 0.194. The third-order valence-electron chi connectivity index (χ3n) is 4.82. The second-order valence-corrected chi connectivity index (χ2v) is 7.05. The zero-order valence-corrected chi connectivity index (χ0v) is 19.5. The average Bonchev–Trinajstić information content (AvgIpc) is 2.59. The van der Waals surface area contributed by atoms with Crippen LogP contribution in [0, 0.1) is 0 Å². The Labute approximate surface area is 177 Å². The summed E-state index contributed by atoms with van der Waals surface area (Å²) in [7, 11) is 0. The molecule has 0 aliphatic carbocycles. The van der Waals surface area contributed by atoms with Crippen LogP contribution in [0.4, 0.5) is 0 Å². The lowest BCUT2D eigenvalue weighted by atomic mass is 10.0. The van der Waals surface area contributed by atoms with Crippen molar-refractivity contribution >= 4 is 35.8 Å². The van der Waals surface area contributed by atoms with Gasteiger partial charge < -0.3 is 20.9 Å². The summed E-state index contributed by atoms with van der Waals surface area (Å²) in [4.78, 5) is 19.0. The maximum atomic E-state index is 11.8. The van der Waals surface area contributed by atoms with Crippen molar-refractivity contribution in [2.75, 3.05) is 32.7 Å². The lowest BCUT2D eigenvalue weighted by Gasteiger charge is -2.33. The fraction of sp³-hybridized carbons (Fsp3) is 0.895. The van der Waals surface area contributed by atoms with E-state index in [-0.39, 0.29) is 35.9 Å². The molecule has 1 saturated heterocycles. The van der Waals surface area contributed by atoms with E-state index in [9.17, 15) is 4.79 Å². The third kappa shape index (κ3) is 11.2. The lowest BCUT2D eigenvalue weighted by Crippen LogP contribution is -2.40. The van der Waals surface area contributed by atoms with Crippen LogP contribution in [-0.4, -0.2) is 61.6 Å². The predicted octanol–water partition coefficient (Wildman–Crippen LogP) is 2.73. The maximum Gasteiger partial charge on any atom is 0.221 e. The molecule has 2 unspecified atom stereocenters. The molecule has 3 N–H and O–H groups in total. The van der Waals surface area contributed by atoms with Crippen LogP contribution in [0.25, 0.3) is 0 Å². The average molecular weight is 481 g/mol. The first kappa shape index (κ1) is 25.4. The first-order valence-corrected chi connectivity index (χ1v) is 10.1. The van der Waals surface area contributed by atoms with Crippen molar-refractivity contribution < 1.29 is 4.79 Å². The molecule has 2 atom stereocenters. The van der Waals surface area contributed by atoms with Crippen molar-refractivity contribution in [2.24, 2.45) is 4.99 Å². The number of hydrogen-bond acceptors (Lipinski definition) is 3. The SMILES string of the molecule is CCNC(=NCCCN1CCCCC1C)NCCC(=O)NC(C)CC.I. The van der Waals surface area contributed by atoms with Gasteiger partial charge in [0.1, 0.15) is 0 Å². The molecule has 0 radical (unpaired) electrons. The monoisotopic (exact) mass is 481 g/mol. The van der Waals surface area contributed by atoms with Gasteiger partial charge in [-0.2, -0.15) is 0 Å². The normalized spacial score (nSPS) is 19.4. The summed E-state index contributed by atoms with van der Waals surface area (Å²) in [6.07, 6.45) is 6.53. The van der Waals surface area contributed by atoms with Crippen molar-refractivity contribution in [2.45, 2.75) is 78.3 Å². The molecule has 1 rings (SSSR count). The van der Waals surface area contributed by atoms with E-state index in [1.165, 1.54) is 25.8 Å². The van der Waals surface area contributed by atoms with E-state index < -0.39 is 0 Å². The van der Waals surface area contributed by atoms with Crippen molar-refractivity contribution in [3.63, 3.8) is 0 Å². The largest absolute Gasteiger partial charge is 0.357 e. The molecule has 1 aliphatic heterocycles. The highest BCUT2D eigenvalue weighted by atomic mass is 127. The smallest absolute Gasteiger partial charge is 0.221 e. The van der Waals surface area contributed by atoms with Crippen LogP contribution in [0.15, 0.2) is 4.99 Å². The highest BCUT2D eigenvalue weighted by Gasteiger charge is 2.16. The fourth-order valence-electron chi connectivity index (χ4n) is 3.04. The van der Waals surface area contributed by atoms with Crippen LogP contribution in [0.1, 0.15) is 66.2 Å². The summed E-state index contributed by atoms with van der Waals surface area (Å²) in [5.41, 5.74) is 0. The summed E-state index contributed by atoms with van der Waals surface area (Å²) in [6, 6.07) is 0.958. The van der Waals surface area contributed by atoms with Crippen molar-refractivity contribution in [1.82, 2.24) is 20.9 Å². The molecule has 1 fully saturated rings. The predicted molar refractivity (Wildman–Crippen MR) is 121 cm³/mol. The van der Waals surface area contributed by atoms with Crippen LogP contribution in [0.2, 0.25) is 0 Å². The van der Waals surface area contributed by atoms with Gasteiger partial charge in [0.15, 0.2) is 5.96 Å². The highest BCUT2D eigenvalue weighted by Crippen LogP contribution is 2.16. The molecule has 0 spiro atoms. The molecular formula is C19H40IN5O. The minimum Gasteiger partial charge on any atom is -0.357 e. The number of aliphatic imine (C=N–C) groups is 1. The van der Waals surface area contributed by atoms with E-state index in [1.54, 1.807) is 0 Å². The van der Waals surface area contributed by atoms with Crippen molar-refractivity contribution in [3.8, 4) is 0 Å². The molecule has 0 saturated carbocycles. The van der Waals surface area contributed by atoms with Gasteiger partial charge in [-0.05, 0) is 53.0 Å². The number of hydrogen-bond donors (Lipinski definition) is 3. The Bertz CT molecular complexity index is 405. The molecule has 0 aromatic rings. The third-order valence-corrected chi connectivity index (χ3v) is 4.82. The van der Waals surface area contributed by atoms with E-state index in [2.05, 4.69) is 46.6 Å². The van der Waals surface area contributed by atoms with Gasteiger partial charge in [-0.25, -0.2) is 0 Å². The van der Waals surface area contributed by atoms with Crippen LogP contribution < -0.4 is 16.0 Å². The van der Waals surface area contributed by atoms with Crippen LogP contribution in [-0.2, 0) is 4.79 Å². The Balaban J connectivity index is 0.00000625. The van der Waals surface area contributed by atoms with Gasteiger partial charge in [0.05, 0.1) is 0 Å². The molecule has 1 heterocycles. The molecule has 1 amide bonds. The zero-order valence-electron chi connectivity index (χ0n) is 17.1. The Kier molecular flexibility index (Phi) is 15.1. The number of halogens is 1. The maximum absolute atomic E-state index is 11.8. The van der Waals surface area contributed by atoms with Crippen LogP contribution in [0.5, 0.6) is 0 Å². The Morgan fingerprint density at radius 1 is 1.27 bits per heavy atom. The number of nitrogens with one attached hydrogen (secondary N) is 3. The van der Waals surface area contributed by atoms with Crippen molar-refractivity contribution in [3.05, 3.63) is 0 Å². The molecular weight excluding hydrogens is 441 g/mol. The summed E-state index contributed by atoms with van der Waals surface area (Å²) < 4.78 is 0. The first-order valence-electron chi connectivity index (χ1n) is 10.1. The summed E-state index contributed by atoms with van der Waals surface area (Å²) in [5.74, 6) is 0.905. The van der Waals surface area contributed by atoms with Gasteiger partial charge in [-0.15, -0.1) is 24.0 Å². The molecule has 154 valence electrons. The molecule has 7 heteroatoms. The zero-order chi connectivity index (χ0) is 18.5. The van der Waals surface area contributed by atoms with Crippen molar-refractivity contribution in [1.29, 1.82) is 0 Å². The number of amides is 1. The molecule has 0 aromatic carbocycles. The Morgan fingerprint density at radius 2 is 2.04 bits per heavy atom. The summed E-state index contributed by atoms with van der Waals surface area (Å²) in [6.45, 7) is 13.1. The Morgan fingerprint density at radius 3 is 2.69 bits per heavy atom. The van der Waals surface area contributed by atoms with E-state index in [4.69, 9.17) is 0 Å². The second-order valence-electron chi connectivity index (χ2n) is 7.05. The molecule has 0 bridgehead atoms. The van der Waals surface area contributed by atoms with Gasteiger partial charge in [0, 0.05) is 44.7 Å². The van der Waals surface area contributed by atoms with E-state index in [1.807, 2.05) is 6.92 Å². The summed E-state index contributed by atoms with van der Waals surface area (Å²) in [5, 5.41) is 9.49. The first-order chi connectivity index (χ1) is 12.1. The Hall–Kier alpha value is -0.570.